The number of hydrogen-bond donors (Lipinski definition) is 1. The van der Waals surface area contributed by atoms with Crippen LogP contribution >= 0.6 is 0 Å². The molecule has 1 aliphatic rings. The second kappa shape index (κ2) is 7.02. The summed E-state index contributed by atoms with van der Waals surface area (Å²) in [5.41, 5.74) is 0. The van der Waals surface area contributed by atoms with Crippen molar-refractivity contribution >= 4 is 5.78 Å². The van der Waals surface area contributed by atoms with Crippen molar-refractivity contribution < 1.29 is 14.6 Å². The topological polar surface area (TPSA) is 46.5 Å². The molecule has 1 N–H and O–H groups in total. The number of hydrogen-bond acceptors (Lipinski definition) is 3. The van der Waals surface area contributed by atoms with Gasteiger partial charge in [0.2, 0.25) is 0 Å². The second-order valence-electron chi connectivity index (χ2n) is 4.66. The molecule has 16 heavy (non-hydrogen) atoms. The van der Waals surface area contributed by atoms with Crippen LogP contribution in [0.3, 0.4) is 0 Å². The number of ether oxygens (including phenoxy) is 1. The third kappa shape index (κ3) is 3.87. The number of rotatable bonds is 7. The minimum absolute atomic E-state index is 0.01000. The van der Waals surface area contributed by atoms with E-state index in [1.165, 1.54) is 0 Å². The average Bonchev–Trinajstić information content (AvgIpc) is 2.80. The molecule has 2 atom stereocenters. The molecule has 0 bridgehead atoms. The smallest absolute Gasteiger partial charge is 0.161 e. The van der Waals surface area contributed by atoms with Gasteiger partial charge in [-0.05, 0) is 25.2 Å². The summed E-state index contributed by atoms with van der Waals surface area (Å²) in [5, 5.41) is 9.86. The lowest BCUT2D eigenvalue weighted by molar-refractivity contribution is -0.130. The van der Waals surface area contributed by atoms with Crippen molar-refractivity contribution in [2.24, 2.45) is 5.92 Å². The van der Waals surface area contributed by atoms with E-state index < -0.39 is 6.10 Å². The van der Waals surface area contributed by atoms with E-state index in [2.05, 4.69) is 0 Å². The third-order valence-corrected chi connectivity index (χ3v) is 3.56. The van der Waals surface area contributed by atoms with Gasteiger partial charge in [-0.3, -0.25) is 4.79 Å². The first-order valence-corrected chi connectivity index (χ1v) is 6.51. The summed E-state index contributed by atoms with van der Waals surface area (Å²) in [4.78, 5) is 11.8. The minimum atomic E-state index is -0.767. The highest BCUT2D eigenvalue weighted by atomic mass is 16.5. The van der Waals surface area contributed by atoms with Crippen LogP contribution < -0.4 is 0 Å². The first-order valence-electron chi connectivity index (χ1n) is 6.51. The normalized spacial score (nSPS) is 22.6. The summed E-state index contributed by atoms with van der Waals surface area (Å²) in [6.45, 7) is 4.86. The Balaban J connectivity index is 2.27. The number of aliphatic hydroxyl groups excluding tert-OH is 1. The van der Waals surface area contributed by atoms with Gasteiger partial charge in [0, 0.05) is 13.0 Å². The van der Waals surface area contributed by atoms with Gasteiger partial charge in [-0.2, -0.15) is 0 Å². The molecule has 3 heteroatoms. The van der Waals surface area contributed by atoms with E-state index in [1.54, 1.807) is 0 Å². The monoisotopic (exact) mass is 228 g/mol. The minimum Gasteiger partial charge on any atom is -0.385 e. The molecule has 0 aromatic rings. The van der Waals surface area contributed by atoms with Gasteiger partial charge in [0.25, 0.3) is 0 Å². The van der Waals surface area contributed by atoms with E-state index in [0.717, 1.165) is 38.7 Å². The molecule has 0 aliphatic carbocycles. The van der Waals surface area contributed by atoms with Crippen LogP contribution in [0.5, 0.6) is 0 Å². The highest BCUT2D eigenvalue weighted by Crippen LogP contribution is 2.20. The van der Waals surface area contributed by atoms with Crippen molar-refractivity contribution in [3.05, 3.63) is 0 Å². The summed E-state index contributed by atoms with van der Waals surface area (Å²) in [5.74, 6) is 0.112. The second-order valence-corrected chi connectivity index (χ2v) is 4.66. The van der Waals surface area contributed by atoms with Crippen LogP contribution in [-0.4, -0.2) is 29.7 Å². The molecule has 0 amide bonds. The Morgan fingerprint density at radius 3 is 2.62 bits per heavy atom. The maximum Gasteiger partial charge on any atom is 0.161 e. The van der Waals surface area contributed by atoms with E-state index in [1.807, 2.05) is 13.8 Å². The Morgan fingerprint density at radius 1 is 1.44 bits per heavy atom. The van der Waals surface area contributed by atoms with Crippen LogP contribution in [0.4, 0.5) is 0 Å². The van der Waals surface area contributed by atoms with E-state index in [-0.39, 0.29) is 17.8 Å². The number of carbonyl (C=O) groups excluding carboxylic acids is 1. The fourth-order valence-corrected chi connectivity index (χ4v) is 2.32. The molecule has 0 aromatic carbocycles. The summed E-state index contributed by atoms with van der Waals surface area (Å²) < 4.78 is 5.46. The zero-order chi connectivity index (χ0) is 12.0. The van der Waals surface area contributed by atoms with Crippen molar-refractivity contribution in [3.8, 4) is 0 Å². The van der Waals surface area contributed by atoms with Crippen molar-refractivity contribution in [3.63, 3.8) is 0 Å². The van der Waals surface area contributed by atoms with Crippen LogP contribution in [0.25, 0.3) is 0 Å². The molecular formula is C13H24O3. The van der Waals surface area contributed by atoms with Crippen molar-refractivity contribution in [1.82, 2.24) is 0 Å². The van der Waals surface area contributed by atoms with Gasteiger partial charge < -0.3 is 9.84 Å². The maximum atomic E-state index is 11.8. The lowest BCUT2D eigenvalue weighted by Crippen LogP contribution is -2.29. The molecule has 0 spiro atoms. The summed E-state index contributed by atoms with van der Waals surface area (Å²) >= 11 is 0. The predicted octanol–water partition coefficient (Wildman–Crippen LogP) is 2.31. The van der Waals surface area contributed by atoms with Gasteiger partial charge in [0.15, 0.2) is 5.78 Å². The lowest BCUT2D eigenvalue weighted by Gasteiger charge is -2.19. The molecule has 94 valence electrons. The number of ketones is 1. The fourth-order valence-electron chi connectivity index (χ4n) is 2.32. The summed E-state index contributed by atoms with van der Waals surface area (Å²) in [6.07, 6.45) is 4.61. The Labute approximate surface area is 98.2 Å². The summed E-state index contributed by atoms with van der Waals surface area (Å²) in [7, 11) is 0. The van der Waals surface area contributed by atoms with Crippen molar-refractivity contribution in [2.45, 2.75) is 64.6 Å². The lowest BCUT2D eigenvalue weighted by atomic mass is 9.91. The predicted molar refractivity (Wildman–Crippen MR) is 63.3 cm³/mol. The number of aliphatic hydroxyl groups is 1. The molecule has 0 radical (unpaired) electrons. The van der Waals surface area contributed by atoms with Gasteiger partial charge in [-0.1, -0.05) is 26.7 Å². The first-order chi connectivity index (χ1) is 7.69. The third-order valence-electron chi connectivity index (χ3n) is 3.56. The summed E-state index contributed by atoms with van der Waals surface area (Å²) in [6, 6.07) is 0. The average molecular weight is 228 g/mol. The molecule has 3 nitrogen and oxygen atoms in total. The standard InChI is InChI=1S/C13H24O3/c1-3-10(4-2)13(15)12(14)8-7-11-6-5-9-16-11/h10-11,13,15H,3-9H2,1-2H3. The van der Waals surface area contributed by atoms with Crippen molar-refractivity contribution in [2.75, 3.05) is 6.61 Å². The van der Waals surface area contributed by atoms with E-state index >= 15 is 0 Å². The molecule has 0 saturated carbocycles. The van der Waals surface area contributed by atoms with Crippen LogP contribution in [0.1, 0.15) is 52.4 Å². The maximum absolute atomic E-state index is 11.8. The molecule has 1 saturated heterocycles. The van der Waals surface area contributed by atoms with Gasteiger partial charge in [0.05, 0.1) is 6.10 Å². The molecular weight excluding hydrogens is 204 g/mol. The molecule has 1 heterocycles. The molecule has 1 rings (SSSR count). The zero-order valence-corrected chi connectivity index (χ0v) is 10.4. The Bertz CT molecular complexity index is 205. The molecule has 1 fully saturated rings. The van der Waals surface area contributed by atoms with Gasteiger partial charge in [-0.15, -0.1) is 0 Å². The largest absolute Gasteiger partial charge is 0.385 e. The van der Waals surface area contributed by atoms with Crippen LogP contribution in [-0.2, 0) is 9.53 Å². The zero-order valence-electron chi connectivity index (χ0n) is 10.4. The van der Waals surface area contributed by atoms with Gasteiger partial charge in [-0.25, -0.2) is 0 Å². The van der Waals surface area contributed by atoms with Crippen LogP contribution in [0.15, 0.2) is 0 Å². The van der Waals surface area contributed by atoms with Crippen LogP contribution in [0.2, 0.25) is 0 Å². The highest BCUT2D eigenvalue weighted by Gasteiger charge is 2.24. The SMILES string of the molecule is CCC(CC)C(O)C(=O)CCC1CCCO1. The van der Waals surface area contributed by atoms with E-state index in [0.29, 0.717) is 6.42 Å². The highest BCUT2D eigenvalue weighted by molar-refractivity contribution is 5.83. The molecule has 2 unspecified atom stereocenters. The molecule has 1 aliphatic heterocycles. The van der Waals surface area contributed by atoms with E-state index in [9.17, 15) is 9.90 Å². The van der Waals surface area contributed by atoms with Crippen molar-refractivity contribution in [1.29, 1.82) is 0 Å². The fraction of sp³-hybridized carbons (Fsp3) is 0.923. The number of carbonyl (C=O) groups is 1. The van der Waals surface area contributed by atoms with E-state index in [4.69, 9.17) is 4.74 Å². The molecule has 0 aromatic heterocycles. The number of Topliss-reactive ketones (excluding diaryl/α,β-unsaturated/α-hetero) is 1. The Morgan fingerprint density at radius 2 is 2.12 bits per heavy atom. The van der Waals surface area contributed by atoms with Gasteiger partial charge >= 0.3 is 0 Å². The van der Waals surface area contributed by atoms with Crippen LogP contribution in [0, 0.1) is 5.92 Å². The Hall–Kier alpha value is -0.410. The van der Waals surface area contributed by atoms with Gasteiger partial charge in [0.1, 0.15) is 6.10 Å². The first kappa shape index (κ1) is 13.7. The quantitative estimate of drug-likeness (QED) is 0.727. The Kier molecular flexibility index (Phi) is 5.99.